The van der Waals surface area contributed by atoms with E-state index in [0.29, 0.717) is 18.0 Å². The van der Waals surface area contributed by atoms with Crippen molar-refractivity contribution in [3.8, 4) is 5.75 Å². The van der Waals surface area contributed by atoms with Gasteiger partial charge < -0.3 is 14.7 Å². The lowest BCUT2D eigenvalue weighted by molar-refractivity contribution is 0.199. The number of rotatable bonds is 6. The molecule has 1 atom stereocenters. The molecule has 116 valence electrons. The summed E-state index contributed by atoms with van der Waals surface area (Å²) in [6.45, 7) is 3.44. The molecular weight excluding hydrogens is 270 g/mol. The Labute approximate surface area is 124 Å². The van der Waals surface area contributed by atoms with Crippen molar-refractivity contribution in [1.29, 1.82) is 0 Å². The van der Waals surface area contributed by atoms with Crippen LogP contribution in [0.4, 0.5) is 0 Å². The number of methoxy groups -OCH3 is 1. The molecule has 0 aromatic carbocycles. The number of aliphatic hydroxyl groups is 1. The van der Waals surface area contributed by atoms with Gasteiger partial charge in [0.1, 0.15) is 11.8 Å². The van der Waals surface area contributed by atoms with Crippen LogP contribution in [-0.2, 0) is 13.6 Å². The molecule has 0 spiro atoms. The molecule has 0 bridgehead atoms. The first-order valence-electron chi connectivity index (χ1n) is 6.86. The van der Waals surface area contributed by atoms with Crippen molar-refractivity contribution in [2.24, 2.45) is 7.05 Å². The van der Waals surface area contributed by atoms with Gasteiger partial charge >= 0.3 is 0 Å². The van der Waals surface area contributed by atoms with Crippen LogP contribution in [0.2, 0.25) is 0 Å². The van der Waals surface area contributed by atoms with Crippen molar-refractivity contribution in [3.05, 3.63) is 29.3 Å². The Kier molecular flexibility index (Phi) is 4.64. The molecule has 1 unspecified atom stereocenters. The lowest BCUT2D eigenvalue weighted by Crippen LogP contribution is -2.21. The quantitative estimate of drug-likeness (QED) is 0.843. The molecule has 7 heteroatoms. The van der Waals surface area contributed by atoms with Crippen molar-refractivity contribution < 1.29 is 9.84 Å². The predicted octanol–water partition coefficient (Wildman–Crippen LogP) is 0.577. The Morgan fingerprint density at radius 1 is 1.33 bits per heavy atom. The van der Waals surface area contributed by atoms with Crippen molar-refractivity contribution in [3.63, 3.8) is 0 Å². The first-order chi connectivity index (χ1) is 9.95. The zero-order chi connectivity index (χ0) is 15.6. The molecule has 0 fully saturated rings. The van der Waals surface area contributed by atoms with Crippen LogP contribution in [0.15, 0.2) is 12.4 Å². The van der Waals surface area contributed by atoms with Crippen LogP contribution >= 0.6 is 0 Å². The van der Waals surface area contributed by atoms with Gasteiger partial charge in [0.25, 0.3) is 0 Å². The number of nitrogens with zero attached hydrogens (tertiary/aromatic N) is 5. The molecule has 0 aliphatic rings. The summed E-state index contributed by atoms with van der Waals surface area (Å²) in [5.74, 6) is 0.588. The third-order valence-corrected chi connectivity index (χ3v) is 3.65. The zero-order valence-electron chi connectivity index (χ0n) is 13.2. The third-order valence-electron chi connectivity index (χ3n) is 3.65. The van der Waals surface area contributed by atoms with Gasteiger partial charge in [0.05, 0.1) is 26.0 Å². The van der Waals surface area contributed by atoms with Gasteiger partial charge in [-0.05, 0) is 21.0 Å². The summed E-state index contributed by atoms with van der Waals surface area (Å²) in [6.07, 6.45) is 2.51. The van der Waals surface area contributed by atoms with Crippen LogP contribution in [0.3, 0.4) is 0 Å². The molecule has 0 amide bonds. The van der Waals surface area contributed by atoms with E-state index in [-0.39, 0.29) is 0 Å². The molecule has 2 aromatic heterocycles. The Hall–Kier alpha value is -1.86. The van der Waals surface area contributed by atoms with Crippen LogP contribution in [0, 0.1) is 6.92 Å². The van der Waals surface area contributed by atoms with Crippen LogP contribution in [0.1, 0.15) is 23.1 Å². The maximum absolute atomic E-state index is 10.7. The van der Waals surface area contributed by atoms with E-state index < -0.39 is 6.10 Å². The summed E-state index contributed by atoms with van der Waals surface area (Å²) < 4.78 is 8.87. The van der Waals surface area contributed by atoms with E-state index in [2.05, 4.69) is 15.1 Å². The molecular formula is C14H23N5O2. The number of hydrogen-bond donors (Lipinski definition) is 1. The van der Waals surface area contributed by atoms with E-state index in [0.717, 1.165) is 17.8 Å². The number of aromatic nitrogens is 4. The maximum Gasteiger partial charge on any atom is 0.163 e. The highest BCUT2D eigenvalue weighted by molar-refractivity contribution is 5.35. The van der Waals surface area contributed by atoms with Gasteiger partial charge in [-0.1, -0.05) is 0 Å². The zero-order valence-corrected chi connectivity index (χ0v) is 13.2. The van der Waals surface area contributed by atoms with Gasteiger partial charge in [0, 0.05) is 24.8 Å². The van der Waals surface area contributed by atoms with E-state index in [4.69, 9.17) is 4.74 Å². The average molecular weight is 293 g/mol. The number of hydrogen-bond acceptors (Lipinski definition) is 5. The fourth-order valence-corrected chi connectivity index (χ4v) is 2.22. The molecule has 0 saturated heterocycles. The van der Waals surface area contributed by atoms with E-state index in [1.807, 2.05) is 28.1 Å². The topological polar surface area (TPSA) is 68.3 Å². The summed E-state index contributed by atoms with van der Waals surface area (Å²) in [5, 5.41) is 19.2. The van der Waals surface area contributed by atoms with Gasteiger partial charge in [0.2, 0.25) is 0 Å². The maximum atomic E-state index is 10.7. The van der Waals surface area contributed by atoms with Crippen LogP contribution in [0.25, 0.3) is 0 Å². The van der Waals surface area contributed by atoms with Crippen molar-refractivity contribution in [2.45, 2.75) is 19.6 Å². The highest BCUT2D eigenvalue weighted by Crippen LogP contribution is 2.31. The predicted molar refractivity (Wildman–Crippen MR) is 79.3 cm³/mol. The van der Waals surface area contributed by atoms with Gasteiger partial charge in [-0.25, -0.2) is 0 Å². The molecule has 21 heavy (non-hydrogen) atoms. The Morgan fingerprint density at radius 2 is 2.05 bits per heavy atom. The van der Waals surface area contributed by atoms with E-state index >= 15 is 0 Å². The van der Waals surface area contributed by atoms with Gasteiger partial charge in [0.15, 0.2) is 5.75 Å². The largest absolute Gasteiger partial charge is 0.493 e. The fraction of sp³-hybridized carbons (Fsp3) is 0.571. The molecule has 1 N–H and O–H groups in total. The highest BCUT2D eigenvalue weighted by Gasteiger charge is 2.24. The minimum absolute atomic E-state index is 0.588. The van der Waals surface area contributed by atoms with E-state index in [1.54, 1.807) is 28.9 Å². The molecule has 0 aliphatic carbocycles. The molecule has 0 radical (unpaired) electrons. The second-order valence-electron chi connectivity index (χ2n) is 5.34. The summed E-state index contributed by atoms with van der Waals surface area (Å²) in [6, 6.07) is 0. The van der Waals surface area contributed by atoms with Crippen molar-refractivity contribution in [1.82, 2.24) is 24.5 Å². The first kappa shape index (κ1) is 15.5. The molecule has 2 heterocycles. The Balaban J connectivity index is 2.36. The molecule has 0 saturated carbocycles. The average Bonchev–Trinajstić information content (AvgIpc) is 3.00. The Bertz CT molecular complexity index is 603. The summed E-state index contributed by atoms with van der Waals surface area (Å²) in [4.78, 5) is 2.07. The molecule has 7 nitrogen and oxygen atoms in total. The van der Waals surface area contributed by atoms with Gasteiger partial charge in [-0.2, -0.15) is 10.2 Å². The van der Waals surface area contributed by atoms with Crippen LogP contribution < -0.4 is 4.74 Å². The van der Waals surface area contributed by atoms with E-state index in [1.165, 1.54) is 0 Å². The second kappa shape index (κ2) is 6.28. The van der Waals surface area contributed by atoms with Crippen molar-refractivity contribution in [2.75, 3.05) is 27.7 Å². The van der Waals surface area contributed by atoms with Crippen LogP contribution in [-0.4, -0.2) is 57.3 Å². The number of aryl methyl sites for hydroxylation is 1. The normalized spacial score (nSPS) is 12.9. The lowest BCUT2D eigenvalue weighted by atomic mass is 10.1. The minimum atomic E-state index is -0.807. The molecule has 2 rings (SSSR count). The fourth-order valence-electron chi connectivity index (χ4n) is 2.22. The first-order valence-corrected chi connectivity index (χ1v) is 6.86. The van der Waals surface area contributed by atoms with Crippen LogP contribution in [0.5, 0.6) is 5.75 Å². The minimum Gasteiger partial charge on any atom is -0.493 e. The third kappa shape index (κ3) is 3.08. The summed E-state index contributed by atoms with van der Waals surface area (Å²) in [7, 11) is 7.44. The second-order valence-corrected chi connectivity index (χ2v) is 5.34. The smallest absolute Gasteiger partial charge is 0.163 e. The molecule has 0 aliphatic heterocycles. The summed E-state index contributed by atoms with van der Waals surface area (Å²) >= 11 is 0. The van der Waals surface area contributed by atoms with Gasteiger partial charge in [-0.3, -0.25) is 9.36 Å². The highest BCUT2D eigenvalue weighted by atomic mass is 16.5. The number of ether oxygens (including phenoxy) is 1. The summed E-state index contributed by atoms with van der Waals surface area (Å²) in [5.41, 5.74) is 2.35. The number of likely N-dealkylation sites (N-methyl/N-ethyl adjacent to an activating group) is 1. The molecule has 2 aromatic rings. The number of aliphatic hydroxyl groups excluding tert-OH is 1. The Morgan fingerprint density at radius 3 is 2.57 bits per heavy atom. The van der Waals surface area contributed by atoms with Gasteiger partial charge in [-0.15, -0.1) is 0 Å². The SMILES string of the molecule is COc1cnn(CCN(C)C)c1C(O)c1cnn(C)c1C. The van der Waals surface area contributed by atoms with Crippen molar-refractivity contribution >= 4 is 0 Å². The monoisotopic (exact) mass is 293 g/mol. The van der Waals surface area contributed by atoms with E-state index in [9.17, 15) is 5.11 Å². The standard InChI is InChI=1S/C14H23N5O2/c1-10-11(8-15-18(10)4)14(20)13-12(21-5)9-16-19(13)7-6-17(2)3/h8-9,14,20H,6-7H2,1-5H3. The lowest BCUT2D eigenvalue weighted by Gasteiger charge is -2.16.